The number of nitro benzene ring substituents is 1. The predicted octanol–water partition coefficient (Wildman–Crippen LogP) is 7.20. The molecule has 0 aliphatic heterocycles. The molecule has 196 valence electrons. The number of hydrogen-bond acceptors (Lipinski definition) is 6. The van der Waals surface area contributed by atoms with E-state index in [1.807, 2.05) is 0 Å². The lowest BCUT2D eigenvalue weighted by atomic mass is 10.2. The summed E-state index contributed by atoms with van der Waals surface area (Å²) in [6.45, 7) is -0.0829. The van der Waals surface area contributed by atoms with Crippen LogP contribution >= 0.6 is 23.2 Å². The van der Waals surface area contributed by atoms with Gasteiger partial charge in [-0.1, -0.05) is 29.3 Å². The van der Waals surface area contributed by atoms with Crippen LogP contribution in [0.3, 0.4) is 0 Å². The lowest BCUT2D eigenvalue weighted by Crippen LogP contribution is -2.14. The molecule has 1 aromatic heterocycles. The molecule has 0 radical (unpaired) electrons. The van der Waals surface area contributed by atoms with Crippen LogP contribution < -0.4 is 14.8 Å². The molecule has 3 aromatic carbocycles. The average molecular weight is 567 g/mol. The predicted molar refractivity (Wildman–Crippen MR) is 132 cm³/mol. The lowest BCUT2D eigenvalue weighted by Gasteiger charge is -2.11. The van der Waals surface area contributed by atoms with Gasteiger partial charge in [0, 0.05) is 23.4 Å². The maximum Gasteiger partial charge on any atom is 0.416 e. The van der Waals surface area contributed by atoms with Crippen molar-refractivity contribution in [3.05, 3.63) is 104 Å². The van der Waals surface area contributed by atoms with E-state index in [0.717, 1.165) is 30.3 Å². The zero-order valence-electron chi connectivity index (χ0n) is 18.9. The first kappa shape index (κ1) is 26.8. The van der Waals surface area contributed by atoms with E-state index in [2.05, 4.69) is 10.4 Å². The molecule has 0 bridgehead atoms. The minimum absolute atomic E-state index is 0.0371. The first-order valence-corrected chi connectivity index (χ1v) is 11.3. The highest BCUT2D eigenvalue weighted by atomic mass is 35.5. The second-order valence-electron chi connectivity index (χ2n) is 7.64. The molecule has 0 atom stereocenters. The van der Waals surface area contributed by atoms with Gasteiger partial charge in [-0.05, 0) is 42.5 Å². The highest BCUT2D eigenvalue weighted by Gasteiger charge is 2.30. The fourth-order valence-electron chi connectivity index (χ4n) is 3.17. The van der Waals surface area contributed by atoms with E-state index >= 15 is 0 Å². The van der Waals surface area contributed by atoms with Gasteiger partial charge in [-0.3, -0.25) is 14.9 Å². The average Bonchev–Trinajstić information content (AvgIpc) is 3.32. The van der Waals surface area contributed by atoms with Crippen molar-refractivity contribution in [3.8, 4) is 17.2 Å². The van der Waals surface area contributed by atoms with Crippen LogP contribution in [0, 0.1) is 10.1 Å². The van der Waals surface area contributed by atoms with Gasteiger partial charge < -0.3 is 14.8 Å². The Hall–Kier alpha value is -4.29. The van der Waals surface area contributed by atoms with Crippen LogP contribution in [0.1, 0.15) is 16.1 Å². The molecule has 0 saturated heterocycles. The Kier molecular flexibility index (Phi) is 7.74. The summed E-state index contributed by atoms with van der Waals surface area (Å²) in [7, 11) is 0. The Balaban J connectivity index is 1.48. The molecular weight excluding hydrogens is 552 g/mol. The largest absolute Gasteiger partial charge is 0.470 e. The molecule has 1 heterocycles. The third kappa shape index (κ3) is 6.72. The molecular formula is C24H15Cl2F3N4O5. The van der Waals surface area contributed by atoms with Crippen molar-refractivity contribution >= 4 is 40.5 Å². The van der Waals surface area contributed by atoms with Gasteiger partial charge in [-0.25, -0.2) is 4.68 Å². The van der Waals surface area contributed by atoms with E-state index in [9.17, 15) is 28.1 Å². The molecule has 0 fully saturated rings. The molecule has 0 saturated carbocycles. The fourth-order valence-corrected chi connectivity index (χ4v) is 3.63. The van der Waals surface area contributed by atoms with E-state index in [0.29, 0.717) is 10.8 Å². The molecule has 0 spiro atoms. The minimum Gasteiger partial charge on any atom is -0.470 e. The molecule has 4 rings (SSSR count). The highest BCUT2D eigenvalue weighted by molar-refractivity contribution is 6.35. The Morgan fingerprint density at radius 3 is 2.55 bits per heavy atom. The van der Waals surface area contributed by atoms with Gasteiger partial charge in [0.05, 0.1) is 27.3 Å². The van der Waals surface area contributed by atoms with E-state index in [1.54, 1.807) is 12.1 Å². The molecule has 4 aromatic rings. The van der Waals surface area contributed by atoms with Crippen molar-refractivity contribution in [1.82, 2.24) is 9.78 Å². The summed E-state index contributed by atoms with van der Waals surface area (Å²) < 4.78 is 51.3. The number of carbonyl (C=O) groups excluding carboxylic acids is 1. The van der Waals surface area contributed by atoms with Crippen molar-refractivity contribution in [3.63, 3.8) is 0 Å². The standard InChI is InChI=1S/C24H15Cl2F3N4O5/c25-15-4-5-22(20(26)9-15)37-13-32-7-6-21(31-32)23(34)30-16-10-17(33(35)36)12-19(11-16)38-18-3-1-2-14(8-18)24(27,28)29/h1-12H,13H2,(H,30,34). The molecule has 1 amide bonds. The van der Waals surface area contributed by atoms with Gasteiger partial charge in [0.2, 0.25) is 0 Å². The van der Waals surface area contributed by atoms with Gasteiger partial charge in [0.1, 0.15) is 17.2 Å². The van der Waals surface area contributed by atoms with Crippen LogP contribution in [0.2, 0.25) is 10.0 Å². The quantitative estimate of drug-likeness (QED) is 0.178. The molecule has 1 N–H and O–H groups in total. The summed E-state index contributed by atoms with van der Waals surface area (Å²) in [4.78, 5) is 23.3. The van der Waals surface area contributed by atoms with Crippen LogP contribution in [-0.4, -0.2) is 20.6 Å². The number of aromatic nitrogens is 2. The molecule has 14 heteroatoms. The molecule has 9 nitrogen and oxygen atoms in total. The van der Waals surface area contributed by atoms with E-state index in [4.69, 9.17) is 32.7 Å². The summed E-state index contributed by atoms with van der Waals surface area (Å²) in [5, 5.41) is 18.6. The van der Waals surface area contributed by atoms with Crippen LogP contribution in [0.25, 0.3) is 0 Å². The number of non-ortho nitro benzene ring substituents is 1. The van der Waals surface area contributed by atoms with Crippen molar-refractivity contribution < 1.29 is 32.4 Å². The fraction of sp³-hybridized carbons (Fsp3) is 0.0833. The maximum absolute atomic E-state index is 13.0. The summed E-state index contributed by atoms with van der Waals surface area (Å²) in [6, 6.07) is 13.4. The SMILES string of the molecule is O=C(Nc1cc(Oc2cccc(C(F)(F)F)c2)cc([N+](=O)[O-])c1)c1ccn(COc2ccc(Cl)cc2Cl)n1. The molecule has 0 aliphatic rings. The molecule has 38 heavy (non-hydrogen) atoms. The molecule has 0 unspecified atom stereocenters. The second-order valence-corrected chi connectivity index (χ2v) is 8.49. The van der Waals surface area contributed by atoms with Gasteiger partial charge in [-0.2, -0.15) is 18.3 Å². The minimum atomic E-state index is -4.60. The van der Waals surface area contributed by atoms with Gasteiger partial charge in [0.25, 0.3) is 11.6 Å². The number of halogens is 5. The van der Waals surface area contributed by atoms with Crippen molar-refractivity contribution in [2.45, 2.75) is 12.9 Å². The van der Waals surface area contributed by atoms with Crippen LogP contribution in [0.15, 0.2) is 72.9 Å². The monoisotopic (exact) mass is 566 g/mol. The summed E-state index contributed by atoms with van der Waals surface area (Å²) >= 11 is 11.9. The van der Waals surface area contributed by atoms with E-state index < -0.39 is 28.3 Å². The van der Waals surface area contributed by atoms with E-state index in [1.165, 1.54) is 35.1 Å². The number of ether oxygens (including phenoxy) is 2. The molecule has 0 aliphatic carbocycles. The van der Waals surface area contributed by atoms with Crippen LogP contribution in [0.4, 0.5) is 24.5 Å². The van der Waals surface area contributed by atoms with Gasteiger partial charge in [0.15, 0.2) is 12.4 Å². The number of carbonyl (C=O) groups is 1. The first-order valence-electron chi connectivity index (χ1n) is 10.6. The number of nitro groups is 1. The Labute approximate surface area is 222 Å². The lowest BCUT2D eigenvalue weighted by molar-refractivity contribution is -0.384. The number of nitrogens with zero attached hydrogens (tertiary/aromatic N) is 3. The number of amides is 1. The third-order valence-corrected chi connectivity index (χ3v) is 5.41. The third-order valence-electron chi connectivity index (χ3n) is 4.88. The first-order chi connectivity index (χ1) is 18.0. The van der Waals surface area contributed by atoms with Crippen molar-refractivity contribution in [1.29, 1.82) is 0 Å². The Morgan fingerprint density at radius 1 is 1.05 bits per heavy atom. The maximum atomic E-state index is 13.0. The van der Waals surface area contributed by atoms with Crippen LogP contribution in [0.5, 0.6) is 17.2 Å². The normalized spacial score (nSPS) is 11.2. The van der Waals surface area contributed by atoms with Crippen LogP contribution in [-0.2, 0) is 12.9 Å². The van der Waals surface area contributed by atoms with Gasteiger partial charge in [-0.15, -0.1) is 0 Å². The number of benzene rings is 3. The Morgan fingerprint density at radius 2 is 1.84 bits per heavy atom. The number of hydrogen-bond donors (Lipinski definition) is 1. The number of alkyl halides is 3. The number of rotatable bonds is 8. The zero-order valence-corrected chi connectivity index (χ0v) is 20.4. The number of nitrogens with one attached hydrogen (secondary N) is 1. The Bertz CT molecular complexity index is 1510. The summed E-state index contributed by atoms with van der Waals surface area (Å²) in [5.74, 6) is -0.717. The van der Waals surface area contributed by atoms with Crippen molar-refractivity contribution in [2.24, 2.45) is 0 Å². The summed E-state index contributed by atoms with van der Waals surface area (Å²) in [5.41, 5.74) is -1.48. The summed E-state index contributed by atoms with van der Waals surface area (Å²) in [6.07, 6.45) is -3.13. The highest BCUT2D eigenvalue weighted by Crippen LogP contribution is 2.34. The second kappa shape index (κ2) is 11.0. The van der Waals surface area contributed by atoms with Crippen molar-refractivity contribution in [2.75, 3.05) is 5.32 Å². The van der Waals surface area contributed by atoms with Gasteiger partial charge >= 0.3 is 6.18 Å². The topological polar surface area (TPSA) is 109 Å². The smallest absolute Gasteiger partial charge is 0.416 e. The van der Waals surface area contributed by atoms with E-state index in [-0.39, 0.29) is 34.6 Å². The zero-order chi connectivity index (χ0) is 27.4. The number of anilines is 1.